The standard InChI is InChI=1S/C11H15N5OS/c1-6(2)10-13-8(12-4)5-9(14-10)18-11-16-15-7(3)17-11/h5-6H,1-4H3,(H,12,13,14). The first-order valence-electron chi connectivity index (χ1n) is 5.63. The van der Waals surface area contributed by atoms with Crippen molar-refractivity contribution in [2.24, 2.45) is 0 Å². The van der Waals surface area contributed by atoms with Crippen LogP contribution in [-0.4, -0.2) is 27.2 Å². The van der Waals surface area contributed by atoms with E-state index in [0.717, 1.165) is 16.7 Å². The Labute approximate surface area is 110 Å². The molecule has 1 N–H and O–H groups in total. The van der Waals surface area contributed by atoms with Gasteiger partial charge in [0.25, 0.3) is 5.22 Å². The molecule has 0 aliphatic heterocycles. The number of hydrogen-bond donors (Lipinski definition) is 1. The second-order valence-corrected chi connectivity index (χ2v) is 5.02. The molecular formula is C11H15N5OS. The van der Waals surface area contributed by atoms with Crippen molar-refractivity contribution in [3.63, 3.8) is 0 Å². The van der Waals surface area contributed by atoms with Crippen molar-refractivity contribution in [2.75, 3.05) is 12.4 Å². The quantitative estimate of drug-likeness (QED) is 0.851. The molecule has 0 saturated heterocycles. The molecule has 0 amide bonds. The van der Waals surface area contributed by atoms with E-state index < -0.39 is 0 Å². The Morgan fingerprint density at radius 1 is 1.28 bits per heavy atom. The second-order valence-electron chi connectivity index (χ2n) is 4.04. The van der Waals surface area contributed by atoms with Crippen molar-refractivity contribution in [1.82, 2.24) is 20.2 Å². The summed E-state index contributed by atoms with van der Waals surface area (Å²) >= 11 is 1.34. The largest absolute Gasteiger partial charge is 0.416 e. The minimum absolute atomic E-state index is 0.266. The second kappa shape index (κ2) is 5.34. The van der Waals surface area contributed by atoms with E-state index in [2.05, 4.69) is 39.3 Å². The maximum absolute atomic E-state index is 5.32. The molecule has 0 radical (unpaired) electrons. The van der Waals surface area contributed by atoms with Gasteiger partial charge in [0.1, 0.15) is 16.7 Å². The molecule has 18 heavy (non-hydrogen) atoms. The van der Waals surface area contributed by atoms with Crippen LogP contribution in [0, 0.1) is 6.92 Å². The molecule has 96 valence electrons. The Morgan fingerprint density at radius 2 is 2.06 bits per heavy atom. The third kappa shape index (κ3) is 2.98. The smallest absolute Gasteiger partial charge is 0.282 e. The van der Waals surface area contributed by atoms with Gasteiger partial charge in [0, 0.05) is 26.0 Å². The van der Waals surface area contributed by atoms with Crippen LogP contribution in [0.4, 0.5) is 5.82 Å². The van der Waals surface area contributed by atoms with Crippen LogP contribution in [0.25, 0.3) is 0 Å². The zero-order valence-corrected chi connectivity index (χ0v) is 11.6. The minimum Gasteiger partial charge on any atom is -0.416 e. The number of aryl methyl sites for hydroxylation is 1. The van der Waals surface area contributed by atoms with E-state index in [1.807, 2.05) is 13.1 Å². The predicted molar refractivity (Wildman–Crippen MR) is 68.8 cm³/mol. The molecule has 6 nitrogen and oxygen atoms in total. The zero-order chi connectivity index (χ0) is 13.1. The molecular weight excluding hydrogens is 250 g/mol. The number of nitrogens with zero attached hydrogens (tertiary/aromatic N) is 4. The molecule has 2 heterocycles. The molecule has 0 aliphatic carbocycles. The summed E-state index contributed by atoms with van der Waals surface area (Å²) in [5.74, 6) is 2.39. The van der Waals surface area contributed by atoms with Gasteiger partial charge < -0.3 is 9.73 Å². The Balaban J connectivity index is 2.29. The number of rotatable bonds is 4. The summed E-state index contributed by atoms with van der Waals surface area (Å²) in [6.45, 7) is 5.87. The normalized spacial score (nSPS) is 10.9. The van der Waals surface area contributed by atoms with Gasteiger partial charge in [0.05, 0.1) is 0 Å². The van der Waals surface area contributed by atoms with Crippen molar-refractivity contribution in [2.45, 2.75) is 36.9 Å². The molecule has 0 bridgehead atoms. The van der Waals surface area contributed by atoms with Crippen molar-refractivity contribution in [3.05, 3.63) is 17.8 Å². The predicted octanol–water partition coefficient (Wildman–Crippen LogP) is 2.48. The van der Waals surface area contributed by atoms with E-state index in [-0.39, 0.29) is 5.92 Å². The number of anilines is 1. The van der Waals surface area contributed by atoms with Crippen LogP contribution in [0.15, 0.2) is 20.7 Å². The van der Waals surface area contributed by atoms with E-state index in [0.29, 0.717) is 11.1 Å². The van der Waals surface area contributed by atoms with Gasteiger partial charge in [-0.2, -0.15) is 0 Å². The molecule has 2 aromatic heterocycles. The van der Waals surface area contributed by atoms with Crippen molar-refractivity contribution in [3.8, 4) is 0 Å². The SMILES string of the molecule is CNc1cc(Sc2nnc(C)o2)nc(C(C)C)n1. The number of aromatic nitrogens is 4. The molecule has 0 aliphatic rings. The summed E-state index contributed by atoms with van der Waals surface area (Å²) in [6, 6.07) is 1.86. The van der Waals surface area contributed by atoms with Crippen LogP contribution in [0.5, 0.6) is 0 Å². The first-order chi connectivity index (χ1) is 8.58. The zero-order valence-electron chi connectivity index (χ0n) is 10.8. The summed E-state index contributed by atoms with van der Waals surface area (Å²) in [5, 5.41) is 12.0. The van der Waals surface area contributed by atoms with Gasteiger partial charge in [-0.3, -0.25) is 0 Å². The fourth-order valence-electron chi connectivity index (χ4n) is 1.29. The number of hydrogen-bond acceptors (Lipinski definition) is 7. The van der Waals surface area contributed by atoms with E-state index >= 15 is 0 Å². The van der Waals surface area contributed by atoms with Gasteiger partial charge in [-0.1, -0.05) is 13.8 Å². The fourth-order valence-corrected chi connectivity index (χ4v) is 2.02. The summed E-state index contributed by atoms with van der Waals surface area (Å²) in [7, 11) is 1.83. The van der Waals surface area contributed by atoms with Gasteiger partial charge in [-0.25, -0.2) is 9.97 Å². The lowest BCUT2D eigenvalue weighted by Crippen LogP contribution is -2.02. The van der Waals surface area contributed by atoms with E-state index in [1.54, 1.807) is 6.92 Å². The summed E-state index contributed by atoms with van der Waals surface area (Å²) in [4.78, 5) is 8.87. The Hall–Kier alpha value is -1.63. The molecule has 2 aromatic rings. The minimum atomic E-state index is 0.266. The molecule has 7 heteroatoms. The van der Waals surface area contributed by atoms with Crippen LogP contribution in [0.2, 0.25) is 0 Å². The molecule has 0 unspecified atom stereocenters. The summed E-state index contributed by atoms with van der Waals surface area (Å²) < 4.78 is 5.32. The van der Waals surface area contributed by atoms with Crippen molar-refractivity contribution >= 4 is 17.6 Å². The van der Waals surface area contributed by atoms with Gasteiger partial charge in [-0.15, -0.1) is 10.2 Å². The first-order valence-corrected chi connectivity index (χ1v) is 6.45. The molecule has 0 fully saturated rings. The third-order valence-corrected chi connectivity index (χ3v) is 2.95. The van der Waals surface area contributed by atoms with Gasteiger partial charge >= 0.3 is 0 Å². The van der Waals surface area contributed by atoms with Crippen LogP contribution in [0.3, 0.4) is 0 Å². The van der Waals surface area contributed by atoms with E-state index in [9.17, 15) is 0 Å². The van der Waals surface area contributed by atoms with E-state index in [4.69, 9.17) is 4.42 Å². The van der Waals surface area contributed by atoms with Crippen LogP contribution >= 0.6 is 11.8 Å². The molecule has 0 aromatic carbocycles. The third-order valence-electron chi connectivity index (χ3n) is 2.19. The lowest BCUT2D eigenvalue weighted by molar-refractivity contribution is 0.429. The average Bonchev–Trinajstić information content (AvgIpc) is 2.74. The van der Waals surface area contributed by atoms with Crippen molar-refractivity contribution in [1.29, 1.82) is 0 Å². The van der Waals surface area contributed by atoms with Crippen LogP contribution in [-0.2, 0) is 0 Å². The molecule has 0 atom stereocenters. The highest BCUT2D eigenvalue weighted by Crippen LogP contribution is 2.27. The van der Waals surface area contributed by atoms with E-state index in [1.165, 1.54) is 11.8 Å². The molecule has 2 rings (SSSR count). The Kier molecular flexibility index (Phi) is 3.81. The lowest BCUT2D eigenvalue weighted by Gasteiger charge is -2.08. The van der Waals surface area contributed by atoms with Crippen LogP contribution in [0.1, 0.15) is 31.5 Å². The Bertz CT molecular complexity index is 540. The highest BCUT2D eigenvalue weighted by Gasteiger charge is 2.11. The first kappa shape index (κ1) is 12.8. The Morgan fingerprint density at radius 3 is 2.61 bits per heavy atom. The highest BCUT2D eigenvalue weighted by molar-refractivity contribution is 7.99. The number of nitrogens with one attached hydrogen (secondary N) is 1. The lowest BCUT2D eigenvalue weighted by atomic mass is 10.2. The monoisotopic (exact) mass is 265 g/mol. The molecule has 0 saturated carbocycles. The van der Waals surface area contributed by atoms with Gasteiger partial charge in [-0.05, 0) is 11.8 Å². The topological polar surface area (TPSA) is 76.7 Å². The summed E-state index contributed by atoms with van der Waals surface area (Å²) in [5.41, 5.74) is 0. The average molecular weight is 265 g/mol. The van der Waals surface area contributed by atoms with Crippen molar-refractivity contribution < 1.29 is 4.42 Å². The summed E-state index contributed by atoms with van der Waals surface area (Å²) in [6.07, 6.45) is 0. The van der Waals surface area contributed by atoms with Gasteiger partial charge in [0.15, 0.2) is 0 Å². The fraction of sp³-hybridized carbons (Fsp3) is 0.455. The van der Waals surface area contributed by atoms with Gasteiger partial charge in [0.2, 0.25) is 5.89 Å². The molecule has 0 spiro atoms. The highest BCUT2D eigenvalue weighted by atomic mass is 32.2. The maximum atomic E-state index is 5.32. The van der Waals surface area contributed by atoms with Crippen LogP contribution < -0.4 is 5.32 Å². The maximum Gasteiger partial charge on any atom is 0.282 e.